The van der Waals surface area contributed by atoms with Crippen molar-refractivity contribution in [3.63, 3.8) is 0 Å². The van der Waals surface area contributed by atoms with Gasteiger partial charge in [0.15, 0.2) is 0 Å². The molecule has 1 unspecified atom stereocenters. The molecule has 1 heterocycles. The molecule has 2 rings (SSSR count). The van der Waals surface area contributed by atoms with Crippen LogP contribution < -0.4 is 16.8 Å². The Balaban J connectivity index is 1.78. The lowest BCUT2D eigenvalue weighted by Gasteiger charge is -2.11. The number of rotatable bonds is 4. The van der Waals surface area contributed by atoms with Crippen molar-refractivity contribution in [2.24, 2.45) is 0 Å². The predicted molar refractivity (Wildman–Crippen MR) is 67.3 cm³/mol. The number of benzene rings is 1. The van der Waals surface area contributed by atoms with Crippen molar-refractivity contribution in [3.8, 4) is 0 Å². The van der Waals surface area contributed by atoms with E-state index >= 15 is 0 Å². The Bertz CT molecular complexity index is 348. The van der Waals surface area contributed by atoms with Gasteiger partial charge in [0.25, 0.3) is 0 Å². The van der Waals surface area contributed by atoms with Gasteiger partial charge in [0.2, 0.25) is 0 Å². The molecule has 0 bridgehead atoms. The molecule has 0 aromatic heterocycles. The summed E-state index contributed by atoms with van der Waals surface area (Å²) in [4.78, 5) is 0. The first-order valence-corrected chi connectivity index (χ1v) is 5.76. The van der Waals surface area contributed by atoms with Gasteiger partial charge in [0.1, 0.15) is 0 Å². The molecule has 1 aliphatic heterocycles. The first-order chi connectivity index (χ1) is 7.75. The van der Waals surface area contributed by atoms with Crippen LogP contribution in [-0.4, -0.2) is 19.3 Å². The van der Waals surface area contributed by atoms with Crippen molar-refractivity contribution in [1.29, 1.82) is 0 Å². The summed E-state index contributed by atoms with van der Waals surface area (Å²) < 4.78 is 5.55. The SMILES string of the molecule is Nc1ccc(NCCC2CCCO2)cc1N. The minimum Gasteiger partial charge on any atom is -0.397 e. The molecule has 1 aliphatic rings. The van der Waals surface area contributed by atoms with E-state index in [-0.39, 0.29) is 0 Å². The molecule has 0 spiro atoms. The van der Waals surface area contributed by atoms with Crippen molar-refractivity contribution in [3.05, 3.63) is 18.2 Å². The molecular weight excluding hydrogens is 202 g/mol. The predicted octanol–water partition coefficient (Wildman–Crippen LogP) is 1.83. The van der Waals surface area contributed by atoms with E-state index in [1.165, 1.54) is 12.8 Å². The summed E-state index contributed by atoms with van der Waals surface area (Å²) in [6.45, 7) is 1.83. The monoisotopic (exact) mass is 221 g/mol. The summed E-state index contributed by atoms with van der Waals surface area (Å²) >= 11 is 0. The summed E-state index contributed by atoms with van der Waals surface area (Å²) in [5.41, 5.74) is 13.6. The van der Waals surface area contributed by atoms with E-state index in [0.717, 1.165) is 25.3 Å². The standard InChI is InChI=1S/C12H19N3O/c13-11-4-3-9(8-12(11)14)15-6-5-10-2-1-7-16-10/h3-4,8,10,15H,1-2,5-7,13-14H2. The van der Waals surface area contributed by atoms with Crippen LogP contribution in [0.1, 0.15) is 19.3 Å². The van der Waals surface area contributed by atoms with E-state index in [1.807, 2.05) is 18.2 Å². The minimum atomic E-state index is 0.429. The number of nitrogens with one attached hydrogen (secondary N) is 1. The molecule has 16 heavy (non-hydrogen) atoms. The van der Waals surface area contributed by atoms with Crippen LogP contribution >= 0.6 is 0 Å². The molecule has 88 valence electrons. The second kappa shape index (κ2) is 5.07. The number of hydrogen-bond acceptors (Lipinski definition) is 4. The quantitative estimate of drug-likeness (QED) is 0.678. The molecular formula is C12H19N3O. The molecule has 4 heteroatoms. The Labute approximate surface area is 96.0 Å². The highest BCUT2D eigenvalue weighted by atomic mass is 16.5. The fourth-order valence-corrected chi connectivity index (χ4v) is 1.93. The molecule has 1 atom stereocenters. The van der Waals surface area contributed by atoms with Gasteiger partial charge in [-0.2, -0.15) is 0 Å². The fraction of sp³-hybridized carbons (Fsp3) is 0.500. The van der Waals surface area contributed by atoms with Crippen LogP contribution in [0.2, 0.25) is 0 Å². The number of anilines is 3. The highest BCUT2D eigenvalue weighted by Gasteiger charge is 2.14. The third-order valence-electron chi connectivity index (χ3n) is 2.91. The number of nitrogen functional groups attached to an aromatic ring is 2. The largest absolute Gasteiger partial charge is 0.397 e. The van der Waals surface area contributed by atoms with Gasteiger partial charge in [0, 0.05) is 18.8 Å². The zero-order valence-corrected chi connectivity index (χ0v) is 9.41. The van der Waals surface area contributed by atoms with E-state index < -0.39 is 0 Å². The summed E-state index contributed by atoms with van der Waals surface area (Å²) in [6, 6.07) is 5.63. The van der Waals surface area contributed by atoms with Crippen LogP contribution in [-0.2, 0) is 4.74 Å². The second-order valence-corrected chi connectivity index (χ2v) is 4.19. The summed E-state index contributed by atoms with van der Waals surface area (Å²) in [5, 5.41) is 3.32. The van der Waals surface area contributed by atoms with E-state index in [0.29, 0.717) is 17.5 Å². The smallest absolute Gasteiger partial charge is 0.0592 e. The van der Waals surface area contributed by atoms with Crippen LogP contribution in [0.25, 0.3) is 0 Å². The molecule has 1 saturated heterocycles. The van der Waals surface area contributed by atoms with E-state index in [2.05, 4.69) is 5.32 Å². The highest BCUT2D eigenvalue weighted by Crippen LogP contribution is 2.20. The average molecular weight is 221 g/mol. The third-order valence-corrected chi connectivity index (χ3v) is 2.91. The maximum absolute atomic E-state index is 5.72. The van der Waals surface area contributed by atoms with Crippen LogP contribution in [0.15, 0.2) is 18.2 Å². The maximum atomic E-state index is 5.72. The molecule has 1 fully saturated rings. The van der Waals surface area contributed by atoms with Gasteiger partial charge in [-0.1, -0.05) is 0 Å². The van der Waals surface area contributed by atoms with Crippen LogP contribution in [0, 0.1) is 0 Å². The Morgan fingerprint density at radius 2 is 2.19 bits per heavy atom. The van der Waals surface area contributed by atoms with Crippen LogP contribution in [0.4, 0.5) is 17.1 Å². The van der Waals surface area contributed by atoms with Gasteiger partial charge in [-0.3, -0.25) is 0 Å². The van der Waals surface area contributed by atoms with E-state index in [4.69, 9.17) is 16.2 Å². The second-order valence-electron chi connectivity index (χ2n) is 4.19. The van der Waals surface area contributed by atoms with Gasteiger partial charge in [0.05, 0.1) is 17.5 Å². The molecule has 0 amide bonds. The van der Waals surface area contributed by atoms with E-state index in [1.54, 1.807) is 0 Å². The average Bonchev–Trinajstić information content (AvgIpc) is 2.76. The number of hydrogen-bond donors (Lipinski definition) is 3. The molecule has 4 nitrogen and oxygen atoms in total. The molecule has 0 radical (unpaired) electrons. The molecule has 5 N–H and O–H groups in total. The first kappa shape index (κ1) is 11.1. The maximum Gasteiger partial charge on any atom is 0.0592 e. The van der Waals surface area contributed by atoms with Crippen LogP contribution in [0.5, 0.6) is 0 Å². The van der Waals surface area contributed by atoms with Gasteiger partial charge in [-0.05, 0) is 37.5 Å². The number of ether oxygens (including phenoxy) is 1. The van der Waals surface area contributed by atoms with Gasteiger partial charge >= 0.3 is 0 Å². The number of nitrogens with two attached hydrogens (primary N) is 2. The summed E-state index contributed by atoms with van der Waals surface area (Å²) in [6.07, 6.45) is 3.86. The Kier molecular flexibility index (Phi) is 3.51. The highest BCUT2D eigenvalue weighted by molar-refractivity contribution is 5.69. The minimum absolute atomic E-state index is 0.429. The lowest BCUT2D eigenvalue weighted by atomic mass is 10.2. The van der Waals surface area contributed by atoms with Crippen molar-refractivity contribution < 1.29 is 4.74 Å². The topological polar surface area (TPSA) is 73.3 Å². The molecule has 0 aliphatic carbocycles. The Morgan fingerprint density at radius 3 is 2.88 bits per heavy atom. The van der Waals surface area contributed by atoms with Crippen molar-refractivity contribution in [2.75, 3.05) is 29.9 Å². The molecule has 1 aromatic carbocycles. The zero-order valence-electron chi connectivity index (χ0n) is 9.41. The fourth-order valence-electron chi connectivity index (χ4n) is 1.93. The summed E-state index contributed by atoms with van der Waals surface area (Å²) in [5.74, 6) is 0. The van der Waals surface area contributed by atoms with Gasteiger partial charge < -0.3 is 21.5 Å². The van der Waals surface area contributed by atoms with Crippen molar-refractivity contribution in [1.82, 2.24) is 0 Å². The lowest BCUT2D eigenvalue weighted by Crippen LogP contribution is -2.12. The summed E-state index contributed by atoms with van der Waals surface area (Å²) in [7, 11) is 0. The first-order valence-electron chi connectivity index (χ1n) is 5.76. The molecule has 1 aromatic rings. The van der Waals surface area contributed by atoms with E-state index in [9.17, 15) is 0 Å². The zero-order chi connectivity index (χ0) is 11.4. The Morgan fingerprint density at radius 1 is 1.31 bits per heavy atom. The van der Waals surface area contributed by atoms with Gasteiger partial charge in [-0.25, -0.2) is 0 Å². The normalized spacial score (nSPS) is 19.9. The lowest BCUT2D eigenvalue weighted by molar-refractivity contribution is 0.107. The molecule has 0 saturated carbocycles. The van der Waals surface area contributed by atoms with Crippen molar-refractivity contribution >= 4 is 17.1 Å². The Hall–Kier alpha value is -1.42. The van der Waals surface area contributed by atoms with Crippen LogP contribution in [0.3, 0.4) is 0 Å². The van der Waals surface area contributed by atoms with Crippen molar-refractivity contribution in [2.45, 2.75) is 25.4 Å². The van der Waals surface area contributed by atoms with Gasteiger partial charge in [-0.15, -0.1) is 0 Å². The third kappa shape index (κ3) is 2.79.